The van der Waals surface area contributed by atoms with Crippen molar-refractivity contribution in [2.45, 2.75) is 13.5 Å². The second-order valence-electron chi connectivity index (χ2n) is 4.10. The summed E-state index contributed by atoms with van der Waals surface area (Å²) in [6.07, 6.45) is 3.31. The summed E-state index contributed by atoms with van der Waals surface area (Å²) in [5.74, 6) is 0.682. The molecule has 0 aliphatic rings. The molecule has 2 rings (SSSR count). The predicted molar refractivity (Wildman–Crippen MR) is 82.8 cm³/mol. The molecule has 4 heteroatoms. The van der Waals surface area contributed by atoms with Crippen molar-refractivity contribution < 1.29 is 9.53 Å². The Morgan fingerprint density at radius 2 is 2.15 bits per heavy atom. The second kappa shape index (κ2) is 7.50. The van der Waals surface area contributed by atoms with E-state index in [1.807, 2.05) is 48.7 Å². The van der Waals surface area contributed by atoms with Gasteiger partial charge in [-0.05, 0) is 30.5 Å². The summed E-state index contributed by atoms with van der Waals surface area (Å²) < 4.78 is 5.51. The van der Waals surface area contributed by atoms with E-state index in [-0.39, 0.29) is 5.91 Å². The molecule has 104 valence electrons. The highest BCUT2D eigenvalue weighted by Crippen LogP contribution is 2.19. The number of amides is 1. The van der Waals surface area contributed by atoms with Gasteiger partial charge in [0.15, 0.2) is 0 Å². The second-order valence-corrected chi connectivity index (χ2v) is 5.13. The van der Waals surface area contributed by atoms with Crippen LogP contribution in [0.15, 0.2) is 47.9 Å². The summed E-state index contributed by atoms with van der Waals surface area (Å²) in [7, 11) is 0. The third kappa shape index (κ3) is 4.24. The molecule has 1 amide bonds. The van der Waals surface area contributed by atoms with Crippen molar-refractivity contribution in [2.75, 3.05) is 6.61 Å². The normalized spacial score (nSPS) is 10.7. The van der Waals surface area contributed by atoms with Crippen LogP contribution in [0.2, 0.25) is 0 Å². The molecule has 0 atom stereocenters. The standard InChI is InChI=1S/C16H17NO2S/c1-2-19-15-8-4-3-6-13(15)9-10-16(18)17-12-14-7-5-11-20-14/h3-11H,2,12H2,1H3,(H,17,18)/b10-9+. The number of thiophene rings is 1. The van der Waals surface area contributed by atoms with E-state index in [0.29, 0.717) is 13.2 Å². The first kappa shape index (κ1) is 14.3. The van der Waals surface area contributed by atoms with Crippen LogP contribution in [-0.2, 0) is 11.3 Å². The topological polar surface area (TPSA) is 38.3 Å². The average molecular weight is 287 g/mol. The first-order valence-corrected chi connectivity index (χ1v) is 7.37. The van der Waals surface area contributed by atoms with Crippen molar-refractivity contribution >= 4 is 23.3 Å². The molecule has 3 nitrogen and oxygen atoms in total. The predicted octanol–water partition coefficient (Wildman–Crippen LogP) is 3.48. The monoisotopic (exact) mass is 287 g/mol. The lowest BCUT2D eigenvalue weighted by atomic mass is 10.2. The molecule has 0 aliphatic heterocycles. The highest BCUT2D eigenvalue weighted by atomic mass is 32.1. The minimum atomic E-state index is -0.107. The zero-order valence-corrected chi connectivity index (χ0v) is 12.2. The van der Waals surface area contributed by atoms with Crippen LogP contribution in [0.25, 0.3) is 6.08 Å². The van der Waals surface area contributed by atoms with Crippen LogP contribution in [0.4, 0.5) is 0 Å². The Labute approximate surface area is 122 Å². The Balaban J connectivity index is 1.93. The fourth-order valence-corrected chi connectivity index (χ4v) is 2.36. The Morgan fingerprint density at radius 1 is 1.30 bits per heavy atom. The molecule has 0 unspecified atom stereocenters. The van der Waals surface area contributed by atoms with Crippen molar-refractivity contribution in [1.29, 1.82) is 0 Å². The number of carbonyl (C=O) groups excluding carboxylic acids is 1. The van der Waals surface area contributed by atoms with E-state index in [1.165, 1.54) is 6.08 Å². The lowest BCUT2D eigenvalue weighted by Crippen LogP contribution is -2.19. The van der Waals surface area contributed by atoms with Gasteiger partial charge in [0.1, 0.15) is 5.75 Å². The van der Waals surface area contributed by atoms with Crippen molar-refractivity contribution in [3.63, 3.8) is 0 Å². The molecule has 0 spiro atoms. The van der Waals surface area contributed by atoms with Crippen LogP contribution < -0.4 is 10.1 Å². The van der Waals surface area contributed by atoms with Gasteiger partial charge in [0.25, 0.3) is 0 Å². The third-order valence-electron chi connectivity index (χ3n) is 2.65. The van der Waals surface area contributed by atoms with Gasteiger partial charge in [0, 0.05) is 16.5 Å². The quantitative estimate of drug-likeness (QED) is 0.826. The summed E-state index contributed by atoms with van der Waals surface area (Å²) in [5, 5.41) is 4.85. The molecule has 1 heterocycles. The van der Waals surface area contributed by atoms with Gasteiger partial charge in [-0.2, -0.15) is 0 Å². The number of para-hydroxylation sites is 1. The molecule has 1 N–H and O–H groups in total. The molecule has 2 aromatic rings. The zero-order valence-electron chi connectivity index (χ0n) is 11.3. The Kier molecular flexibility index (Phi) is 5.38. The summed E-state index contributed by atoms with van der Waals surface area (Å²) in [6.45, 7) is 3.11. The van der Waals surface area contributed by atoms with Crippen LogP contribution >= 0.6 is 11.3 Å². The largest absolute Gasteiger partial charge is 0.493 e. The third-order valence-corrected chi connectivity index (χ3v) is 3.53. The van der Waals surface area contributed by atoms with Gasteiger partial charge >= 0.3 is 0 Å². The molecule has 0 bridgehead atoms. The van der Waals surface area contributed by atoms with Crippen molar-refractivity contribution in [2.24, 2.45) is 0 Å². The lowest BCUT2D eigenvalue weighted by Gasteiger charge is -2.06. The average Bonchev–Trinajstić information content (AvgIpc) is 2.98. The van der Waals surface area contributed by atoms with Gasteiger partial charge in [-0.1, -0.05) is 24.3 Å². The zero-order chi connectivity index (χ0) is 14.2. The molecule has 0 saturated heterocycles. The Bertz CT molecular complexity index is 576. The molecule has 0 aliphatic carbocycles. The number of rotatable bonds is 6. The van der Waals surface area contributed by atoms with E-state index >= 15 is 0 Å². The van der Waals surface area contributed by atoms with Crippen molar-refractivity contribution in [3.8, 4) is 5.75 Å². The maximum atomic E-state index is 11.7. The number of carbonyl (C=O) groups is 1. The molecule has 0 radical (unpaired) electrons. The SMILES string of the molecule is CCOc1ccccc1/C=C/C(=O)NCc1cccs1. The van der Waals surface area contributed by atoms with Gasteiger partial charge < -0.3 is 10.1 Å². The van der Waals surface area contributed by atoms with Crippen molar-refractivity contribution in [3.05, 3.63) is 58.3 Å². The fourth-order valence-electron chi connectivity index (χ4n) is 1.72. The molecule has 0 fully saturated rings. The van der Waals surface area contributed by atoms with Gasteiger partial charge in [0.2, 0.25) is 5.91 Å². The molecule has 20 heavy (non-hydrogen) atoms. The number of ether oxygens (including phenoxy) is 1. The minimum absolute atomic E-state index is 0.107. The van der Waals surface area contributed by atoms with E-state index in [0.717, 1.165) is 16.2 Å². The lowest BCUT2D eigenvalue weighted by molar-refractivity contribution is -0.116. The van der Waals surface area contributed by atoms with Crippen LogP contribution in [0.5, 0.6) is 5.75 Å². The van der Waals surface area contributed by atoms with Crippen LogP contribution in [0.3, 0.4) is 0 Å². The molecular weight excluding hydrogens is 270 g/mol. The summed E-state index contributed by atoms with van der Waals surface area (Å²) in [5.41, 5.74) is 0.903. The van der Waals surface area contributed by atoms with Crippen LogP contribution in [0, 0.1) is 0 Å². The summed E-state index contributed by atoms with van der Waals surface area (Å²) >= 11 is 1.63. The summed E-state index contributed by atoms with van der Waals surface area (Å²) in [4.78, 5) is 12.9. The van der Waals surface area contributed by atoms with Crippen molar-refractivity contribution in [1.82, 2.24) is 5.32 Å². The number of hydrogen-bond donors (Lipinski definition) is 1. The van der Waals surface area contributed by atoms with E-state index in [2.05, 4.69) is 5.32 Å². The number of benzene rings is 1. The van der Waals surface area contributed by atoms with Gasteiger partial charge in [0.05, 0.1) is 13.2 Å². The highest BCUT2D eigenvalue weighted by Gasteiger charge is 2.00. The molecule has 1 aromatic heterocycles. The maximum absolute atomic E-state index is 11.7. The van der Waals surface area contributed by atoms with Crippen LogP contribution in [-0.4, -0.2) is 12.5 Å². The minimum Gasteiger partial charge on any atom is -0.493 e. The number of hydrogen-bond acceptors (Lipinski definition) is 3. The maximum Gasteiger partial charge on any atom is 0.244 e. The van der Waals surface area contributed by atoms with E-state index in [4.69, 9.17) is 4.74 Å². The smallest absolute Gasteiger partial charge is 0.244 e. The molecule has 1 aromatic carbocycles. The molecular formula is C16H17NO2S. The first-order valence-electron chi connectivity index (χ1n) is 6.49. The van der Waals surface area contributed by atoms with E-state index in [1.54, 1.807) is 17.4 Å². The van der Waals surface area contributed by atoms with Crippen LogP contribution in [0.1, 0.15) is 17.4 Å². The Hall–Kier alpha value is -2.07. The van der Waals surface area contributed by atoms with Gasteiger partial charge in [-0.25, -0.2) is 0 Å². The Morgan fingerprint density at radius 3 is 2.90 bits per heavy atom. The van der Waals surface area contributed by atoms with Gasteiger partial charge in [-0.15, -0.1) is 11.3 Å². The first-order chi connectivity index (χ1) is 9.79. The highest BCUT2D eigenvalue weighted by molar-refractivity contribution is 7.09. The molecule has 0 saturated carbocycles. The summed E-state index contributed by atoms with van der Waals surface area (Å²) in [6, 6.07) is 11.6. The van der Waals surface area contributed by atoms with E-state index in [9.17, 15) is 4.79 Å². The van der Waals surface area contributed by atoms with Gasteiger partial charge in [-0.3, -0.25) is 4.79 Å². The number of nitrogens with one attached hydrogen (secondary N) is 1. The van der Waals surface area contributed by atoms with E-state index < -0.39 is 0 Å². The fraction of sp³-hybridized carbons (Fsp3) is 0.188.